The molecule has 0 spiro atoms. The molecular formula is C8H12N2O. The van der Waals surface area contributed by atoms with E-state index in [9.17, 15) is 5.11 Å². The Hall–Kier alpha value is -1.06. The first-order chi connectivity index (χ1) is 5.20. The van der Waals surface area contributed by atoms with Gasteiger partial charge in [-0.2, -0.15) is 0 Å². The molecule has 3 nitrogen and oxygen atoms in total. The van der Waals surface area contributed by atoms with Crippen LogP contribution in [0.15, 0.2) is 24.3 Å². The van der Waals surface area contributed by atoms with Crippen molar-refractivity contribution in [2.45, 2.75) is 6.54 Å². The fraction of sp³-hybridized carbons (Fsp3) is 0.250. The van der Waals surface area contributed by atoms with Gasteiger partial charge in [0.15, 0.2) is 0 Å². The second-order valence-electron chi connectivity index (χ2n) is 2.54. The van der Waals surface area contributed by atoms with E-state index in [0.29, 0.717) is 12.3 Å². The Kier molecular flexibility index (Phi) is 2.46. The second-order valence-corrected chi connectivity index (χ2v) is 2.54. The maximum atomic E-state index is 9.28. The molecule has 0 aliphatic rings. The minimum Gasteiger partial charge on any atom is -0.508 e. The van der Waals surface area contributed by atoms with Crippen molar-refractivity contribution in [2.24, 2.45) is 5.84 Å². The molecule has 0 fully saturated rings. The average Bonchev–Trinajstić information content (AvgIpc) is 1.93. The minimum atomic E-state index is 0.296. The van der Waals surface area contributed by atoms with Gasteiger partial charge in [0.25, 0.3) is 0 Å². The Labute approximate surface area is 66.0 Å². The van der Waals surface area contributed by atoms with Gasteiger partial charge in [0, 0.05) is 19.2 Å². The number of hydrogen-bond acceptors (Lipinski definition) is 3. The molecule has 0 aliphatic heterocycles. The zero-order chi connectivity index (χ0) is 8.27. The van der Waals surface area contributed by atoms with E-state index in [1.807, 2.05) is 12.1 Å². The summed E-state index contributed by atoms with van der Waals surface area (Å²) >= 11 is 0. The maximum absolute atomic E-state index is 9.28. The van der Waals surface area contributed by atoms with E-state index in [0.717, 1.165) is 5.56 Å². The van der Waals surface area contributed by atoms with Gasteiger partial charge in [0.1, 0.15) is 5.75 Å². The topological polar surface area (TPSA) is 49.5 Å². The number of rotatable bonds is 2. The van der Waals surface area contributed by atoms with Gasteiger partial charge in [-0.3, -0.25) is 5.84 Å². The van der Waals surface area contributed by atoms with Crippen LogP contribution in [0.2, 0.25) is 0 Å². The maximum Gasteiger partial charge on any atom is 0.120 e. The van der Waals surface area contributed by atoms with Crippen molar-refractivity contribution in [1.82, 2.24) is 5.01 Å². The van der Waals surface area contributed by atoms with Crippen molar-refractivity contribution >= 4 is 0 Å². The number of hydrogen-bond donors (Lipinski definition) is 2. The highest BCUT2D eigenvalue weighted by Crippen LogP contribution is 2.15. The van der Waals surface area contributed by atoms with Gasteiger partial charge in [-0.15, -0.1) is 0 Å². The number of hydrazine groups is 1. The van der Waals surface area contributed by atoms with E-state index < -0.39 is 0 Å². The van der Waals surface area contributed by atoms with E-state index in [-0.39, 0.29) is 0 Å². The van der Waals surface area contributed by atoms with Gasteiger partial charge in [0.2, 0.25) is 0 Å². The van der Waals surface area contributed by atoms with Gasteiger partial charge in [0.05, 0.1) is 0 Å². The van der Waals surface area contributed by atoms with Crippen LogP contribution < -0.4 is 5.84 Å². The third-order valence-electron chi connectivity index (χ3n) is 1.41. The summed E-state index contributed by atoms with van der Waals surface area (Å²) in [7, 11) is 1.76. The van der Waals surface area contributed by atoms with Crippen LogP contribution in [0.1, 0.15) is 5.56 Å². The van der Waals surface area contributed by atoms with Gasteiger partial charge in [-0.1, -0.05) is 18.2 Å². The molecule has 1 aromatic carbocycles. The molecule has 0 amide bonds. The monoisotopic (exact) mass is 152 g/mol. The Morgan fingerprint density at radius 1 is 1.45 bits per heavy atom. The van der Waals surface area contributed by atoms with Crippen LogP contribution >= 0.6 is 0 Å². The first-order valence-corrected chi connectivity index (χ1v) is 3.43. The van der Waals surface area contributed by atoms with Crippen LogP contribution in [0.5, 0.6) is 5.75 Å². The largest absolute Gasteiger partial charge is 0.508 e. The molecule has 0 saturated heterocycles. The average molecular weight is 152 g/mol. The molecule has 0 unspecified atom stereocenters. The number of para-hydroxylation sites is 1. The summed E-state index contributed by atoms with van der Waals surface area (Å²) in [5, 5.41) is 10.8. The molecule has 0 aliphatic carbocycles. The minimum absolute atomic E-state index is 0.296. The molecule has 0 aromatic heterocycles. The fourth-order valence-electron chi connectivity index (χ4n) is 0.913. The van der Waals surface area contributed by atoms with E-state index in [2.05, 4.69) is 0 Å². The standard InChI is InChI=1S/C8H12N2O/c1-10(9)6-7-4-2-3-5-8(7)11/h2-5,11H,6,9H2,1H3. The zero-order valence-corrected chi connectivity index (χ0v) is 6.49. The summed E-state index contributed by atoms with van der Waals surface area (Å²) in [5.74, 6) is 5.71. The number of nitrogens with zero attached hydrogens (tertiary/aromatic N) is 1. The van der Waals surface area contributed by atoms with Crippen LogP contribution in [0, 0.1) is 0 Å². The molecule has 0 saturated carbocycles. The Morgan fingerprint density at radius 2 is 2.09 bits per heavy atom. The Morgan fingerprint density at radius 3 is 2.64 bits per heavy atom. The Balaban J connectivity index is 2.78. The molecule has 1 rings (SSSR count). The van der Waals surface area contributed by atoms with Gasteiger partial charge in [-0.25, -0.2) is 5.01 Å². The number of benzene rings is 1. The van der Waals surface area contributed by atoms with Crippen LogP contribution in [-0.2, 0) is 6.54 Å². The number of nitrogens with two attached hydrogens (primary N) is 1. The van der Waals surface area contributed by atoms with Gasteiger partial charge >= 0.3 is 0 Å². The quantitative estimate of drug-likeness (QED) is 0.484. The summed E-state index contributed by atoms with van der Waals surface area (Å²) in [6, 6.07) is 7.16. The summed E-state index contributed by atoms with van der Waals surface area (Å²) in [6.07, 6.45) is 0. The van der Waals surface area contributed by atoms with Crippen molar-refractivity contribution in [2.75, 3.05) is 7.05 Å². The number of phenolic OH excluding ortho intramolecular Hbond substituents is 1. The third kappa shape index (κ3) is 2.22. The molecule has 3 N–H and O–H groups in total. The highest BCUT2D eigenvalue weighted by Gasteiger charge is 1.99. The van der Waals surface area contributed by atoms with E-state index in [1.165, 1.54) is 5.01 Å². The lowest BCUT2D eigenvalue weighted by Gasteiger charge is -2.09. The number of phenols is 1. The summed E-state index contributed by atoms with van der Waals surface area (Å²) in [5.41, 5.74) is 0.845. The smallest absolute Gasteiger partial charge is 0.120 e. The van der Waals surface area contributed by atoms with Crippen molar-refractivity contribution in [1.29, 1.82) is 0 Å². The van der Waals surface area contributed by atoms with E-state index in [1.54, 1.807) is 19.2 Å². The highest BCUT2D eigenvalue weighted by atomic mass is 16.3. The summed E-state index contributed by atoms with van der Waals surface area (Å²) in [4.78, 5) is 0. The molecule has 11 heavy (non-hydrogen) atoms. The normalized spacial score (nSPS) is 10.5. The van der Waals surface area contributed by atoms with Crippen molar-refractivity contribution in [3.05, 3.63) is 29.8 Å². The highest BCUT2D eigenvalue weighted by molar-refractivity contribution is 5.31. The van der Waals surface area contributed by atoms with Crippen molar-refractivity contribution < 1.29 is 5.11 Å². The first-order valence-electron chi connectivity index (χ1n) is 3.43. The Bertz CT molecular complexity index is 235. The molecule has 0 heterocycles. The summed E-state index contributed by atoms with van der Waals surface area (Å²) in [6.45, 7) is 0.562. The molecule has 0 bridgehead atoms. The van der Waals surface area contributed by atoms with Gasteiger partial charge in [-0.05, 0) is 6.07 Å². The molecule has 0 radical (unpaired) electrons. The fourth-order valence-corrected chi connectivity index (χ4v) is 0.913. The number of aromatic hydroxyl groups is 1. The predicted octanol–water partition coefficient (Wildman–Crippen LogP) is 0.698. The lowest BCUT2D eigenvalue weighted by Crippen LogP contribution is -2.24. The van der Waals surface area contributed by atoms with Crippen LogP contribution in [-0.4, -0.2) is 17.2 Å². The van der Waals surface area contributed by atoms with Crippen LogP contribution in [0.25, 0.3) is 0 Å². The molecule has 60 valence electrons. The molecule has 0 atom stereocenters. The van der Waals surface area contributed by atoms with Crippen LogP contribution in [0.3, 0.4) is 0 Å². The third-order valence-corrected chi connectivity index (χ3v) is 1.41. The molecule has 3 heteroatoms. The molecular weight excluding hydrogens is 140 g/mol. The molecule has 1 aromatic rings. The van der Waals surface area contributed by atoms with Crippen molar-refractivity contribution in [3.8, 4) is 5.75 Å². The predicted molar refractivity (Wildman–Crippen MR) is 43.8 cm³/mol. The zero-order valence-electron chi connectivity index (χ0n) is 6.49. The van der Waals surface area contributed by atoms with E-state index in [4.69, 9.17) is 5.84 Å². The SMILES string of the molecule is CN(N)Cc1ccccc1O. The summed E-state index contributed by atoms with van der Waals surface area (Å²) < 4.78 is 0. The first kappa shape index (κ1) is 8.04. The van der Waals surface area contributed by atoms with Gasteiger partial charge < -0.3 is 5.11 Å². The lowest BCUT2D eigenvalue weighted by molar-refractivity contribution is 0.333. The van der Waals surface area contributed by atoms with E-state index >= 15 is 0 Å². The lowest BCUT2D eigenvalue weighted by atomic mass is 10.2. The second kappa shape index (κ2) is 3.37. The van der Waals surface area contributed by atoms with Crippen LogP contribution in [0.4, 0.5) is 0 Å². The van der Waals surface area contributed by atoms with Crippen molar-refractivity contribution in [3.63, 3.8) is 0 Å².